The molecule has 0 aliphatic heterocycles. The lowest BCUT2D eigenvalue weighted by atomic mass is 9.95. The van der Waals surface area contributed by atoms with Gasteiger partial charge in [-0.25, -0.2) is 9.97 Å². The first-order valence-electron chi connectivity index (χ1n) is 6.81. The molecule has 1 N–H and O–H groups in total. The molecule has 1 rings (SSSR count). The molecule has 0 amide bonds. The fourth-order valence-electron chi connectivity index (χ4n) is 2.00. The Hall–Kier alpha value is -1.20. The Kier molecular flexibility index (Phi) is 7.36. The fourth-order valence-corrected chi connectivity index (χ4v) is 2.00. The predicted molar refractivity (Wildman–Crippen MR) is 75.3 cm³/mol. The van der Waals surface area contributed by atoms with Crippen LogP contribution in [0.25, 0.3) is 0 Å². The minimum absolute atomic E-state index is 0.201. The molecule has 0 aromatic carbocycles. The van der Waals surface area contributed by atoms with Crippen molar-refractivity contribution in [3.05, 3.63) is 18.1 Å². The molecule has 1 aromatic heterocycles. The summed E-state index contributed by atoms with van der Waals surface area (Å²) < 4.78 is 10.3. The SMILES string of the molecule is CCCNC(c1cc(OC)ncn1)C(C)CCOC. The Morgan fingerprint density at radius 3 is 2.74 bits per heavy atom. The second-order valence-corrected chi connectivity index (χ2v) is 4.68. The zero-order chi connectivity index (χ0) is 14.1. The highest BCUT2D eigenvalue weighted by atomic mass is 16.5. The van der Waals surface area contributed by atoms with E-state index in [9.17, 15) is 0 Å². The summed E-state index contributed by atoms with van der Waals surface area (Å²) in [7, 11) is 3.35. The fraction of sp³-hybridized carbons (Fsp3) is 0.714. The summed E-state index contributed by atoms with van der Waals surface area (Å²) in [5, 5.41) is 3.54. The van der Waals surface area contributed by atoms with Gasteiger partial charge in [-0.3, -0.25) is 0 Å². The maximum Gasteiger partial charge on any atom is 0.216 e. The minimum atomic E-state index is 0.201. The van der Waals surface area contributed by atoms with Crippen LogP contribution < -0.4 is 10.1 Å². The monoisotopic (exact) mass is 267 g/mol. The van der Waals surface area contributed by atoms with Gasteiger partial charge in [-0.05, 0) is 25.3 Å². The van der Waals surface area contributed by atoms with Crippen molar-refractivity contribution in [2.45, 2.75) is 32.7 Å². The van der Waals surface area contributed by atoms with E-state index in [-0.39, 0.29) is 6.04 Å². The maximum absolute atomic E-state index is 5.17. The van der Waals surface area contributed by atoms with Gasteiger partial charge in [-0.1, -0.05) is 13.8 Å². The first-order chi connectivity index (χ1) is 9.22. The Balaban J connectivity index is 2.81. The van der Waals surface area contributed by atoms with Crippen LogP contribution in [0.4, 0.5) is 0 Å². The van der Waals surface area contributed by atoms with Crippen molar-refractivity contribution in [2.75, 3.05) is 27.4 Å². The molecule has 1 aromatic rings. The zero-order valence-electron chi connectivity index (χ0n) is 12.3. The lowest BCUT2D eigenvalue weighted by molar-refractivity contribution is 0.169. The quantitative estimate of drug-likeness (QED) is 0.743. The summed E-state index contributed by atoms with van der Waals surface area (Å²) >= 11 is 0. The van der Waals surface area contributed by atoms with E-state index in [1.807, 2.05) is 6.07 Å². The van der Waals surface area contributed by atoms with Gasteiger partial charge in [0.25, 0.3) is 0 Å². The molecule has 2 atom stereocenters. The first-order valence-corrected chi connectivity index (χ1v) is 6.81. The number of nitrogens with one attached hydrogen (secondary N) is 1. The molecule has 0 spiro atoms. The number of aromatic nitrogens is 2. The third-order valence-corrected chi connectivity index (χ3v) is 3.15. The van der Waals surface area contributed by atoms with E-state index in [0.29, 0.717) is 11.8 Å². The van der Waals surface area contributed by atoms with E-state index in [4.69, 9.17) is 9.47 Å². The van der Waals surface area contributed by atoms with Crippen LogP contribution in [0.5, 0.6) is 5.88 Å². The van der Waals surface area contributed by atoms with E-state index in [1.165, 1.54) is 0 Å². The molecule has 2 unspecified atom stereocenters. The zero-order valence-corrected chi connectivity index (χ0v) is 12.3. The molecule has 0 fully saturated rings. The molecule has 0 aliphatic carbocycles. The highest BCUT2D eigenvalue weighted by Gasteiger charge is 2.20. The normalized spacial score (nSPS) is 14.1. The number of rotatable bonds is 9. The van der Waals surface area contributed by atoms with Gasteiger partial charge in [0.2, 0.25) is 5.88 Å². The summed E-state index contributed by atoms with van der Waals surface area (Å²) in [5.41, 5.74) is 0.976. The maximum atomic E-state index is 5.17. The molecule has 0 aliphatic rings. The first kappa shape index (κ1) is 15.9. The highest BCUT2D eigenvalue weighted by molar-refractivity contribution is 5.17. The third-order valence-electron chi connectivity index (χ3n) is 3.15. The minimum Gasteiger partial charge on any atom is -0.481 e. The van der Waals surface area contributed by atoms with Crippen molar-refractivity contribution in [2.24, 2.45) is 5.92 Å². The van der Waals surface area contributed by atoms with Gasteiger partial charge in [0.05, 0.1) is 18.8 Å². The highest BCUT2D eigenvalue weighted by Crippen LogP contribution is 2.24. The third kappa shape index (κ3) is 5.12. The van der Waals surface area contributed by atoms with E-state index >= 15 is 0 Å². The van der Waals surface area contributed by atoms with Crippen molar-refractivity contribution >= 4 is 0 Å². The number of nitrogens with zero attached hydrogens (tertiary/aromatic N) is 2. The standard InChI is InChI=1S/C14H25N3O2/c1-5-7-15-14(11(2)6-8-18-3)12-9-13(19-4)17-10-16-12/h9-11,14-15H,5-8H2,1-4H3. The molecule has 5 nitrogen and oxygen atoms in total. The van der Waals surface area contributed by atoms with Crippen LogP contribution in [-0.2, 0) is 4.74 Å². The van der Waals surface area contributed by atoms with Crippen molar-refractivity contribution in [3.8, 4) is 5.88 Å². The molecular formula is C14H25N3O2. The van der Waals surface area contributed by atoms with Crippen molar-refractivity contribution in [1.29, 1.82) is 0 Å². The molecule has 0 saturated heterocycles. The second kappa shape index (κ2) is 8.82. The van der Waals surface area contributed by atoms with Gasteiger partial charge in [0.15, 0.2) is 0 Å². The second-order valence-electron chi connectivity index (χ2n) is 4.68. The molecule has 0 saturated carbocycles. The van der Waals surface area contributed by atoms with Crippen LogP contribution in [0.1, 0.15) is 38.4 Å². The van der Waals surface area contributed by atoms with Crippen molar-refractivity contribution in [3.63, 3.8) is 0 Å². The molecule has 0 bridgehead atoms. The Labute approximate surface area is 115 Å². The summed E-state index contributed by atoms with van der Waals surface area (Å²) in [4.78, 5) is 8.43. The summed E-state index contributed by atoms with van der Waals surface area (Å²) in [6, 6.07) is 2.10. The van der Waals surface area contributed by atoms with Crippen molar-refractivity contribution in [1.82, 2.24) is 15.3 Å². The molecular weight excluding hydrogens is 242 g/mol. The van der Waals surface area contributed by atoms with Gasteiger partial charge < -0.3 is 14.8 Å². The van der Waals surface area contributed by atoms with Crippen LogP contribution in [0.3, 0.4) is 0 Å². The van der Waals surface area contributed by atoms with Gasteiger partial charge >= 0.3 is 0 Å². The predicted octanol–water partition coefficient (Wildman–Crippen LogP) is 2.20. The van der Waals surface area contributed by atoms with Crippen LogP contribution in [-0.4, -0.2) is 37.3 Å². The Morgan fingerprint density at radius 2 is 2.11 bits per heavy atom. The molecule has 1 heterocycles. The van der Waals surface area contributed by atoms with Gasteiger partial charge in [-0.2, -0.15) is 0 Å². The lowest BCUT2D eigenvalue weighted by Crippen LogP contribution is -2.29. The van der Waals surface area contributed by atoms with Crippen LogP contribution >= 0.6 is 0 Å². The lowest BCUT2D eigenvalue weighted by Gasteiger charge is -2.24. The molecule has 19 heavy (non-hydrogen) atoms. The van der Waals surface area contributed by atoms with E-state index in [0.717, 1.165) is 31.7 Å². The topological polar surface area (TPSA) is 56.3 Å². The van der Waals surface area contributed by atoms with Crippen LogP contribution in [0.2, 0.25) is 0 Å². The van der Waals surface area contributed by atoms with E-state index in [2.05, 4.69) is 29.1 Å². The Morgan fingerprint density at radius 1 is 1.32 bits per heavy atom. The average molecular weight is 267 g/mol. The van der Waals surface area contributed by atoms with Crippen LogP contribution in [0.15, 0.2) is 12.4 Å². The summed E-state index contributed by atoms with van der Waals surface area (Å²) in [6.45, 7) is 6.09. The van der Waals surface area contributed by atoms with Gasteiger partial charge in [-0.15, -0.1) is 0 Å². The Bertz CT molecular complexity index is 360. The molecule has 5 heteroatoms. The van der Waals surface area contributed by atoms with Crippen molar-refractivity contribution < 1.29 is 9.47 Å². The number of hydrogen-bond acceptors (Lipinski definition) is 5. The smallest absolute Gasteiger partial charge is 0.216 e. The average Bonchev–Trinajstić information content (AvgIpc) is 2.45. The summed E-state index contributed by atoms with van der Waals surface area (Å²) in [6.07, 6.45) is 3.64. The molecule has 108 valence electrons. The number of hydrogen-bond donors (Lipinski definition) is 1. The van der Waals surface area contributed by atoms with E-state index in [1.54, 1.807) is 20.5 Å². The van der Waals surface area contributed by atoms with Gasteiger partial charge in [0.1, 0.15) is 6.33 Å². The van der Waals surface area contributed by atoms with E-state index < -0.39 is 0 Å². The van der Waals surface area contributed by atoms with Gasteiger partial charge in [0, 0.05) is 19.8 Å². The summed E-state index contributed by atoms with van der Waals surface area (Å²) in [5.74, 6) is 1.04. The largest absolute Gasteiger partial charge is 0.481 e. The number of methoxy groups -OCH3 is 2. The molecule has 0 radical (unpaired) electrons. The van der Waals surface area contributed by atoms with Crippen LogP contribution in [0, 0.1) is 5.92 Å². The number of ether oxygens (including phenoxy) is 2.